The Labute approximate surface area is 96.8 Å². The molecule has 0 bridgehead atoms. The van der Waals surface area contributed by atoms with Gasteiger partial charge in [-0.3, -0.25) is 0 Å². The van der Waals surface area contributed by atoms with E-state index in [4.69, 9.17) is 0 Å². The van der Waals surface area contributed by atoms with Crippen molar-refractivity contribution in [2.75, 3.05) is 0 Å². The smallest absolute Gasteiger partial charge is 1.00 e. The van der Waals surface area contributed by atoms with Gasteiger partial charge in [0, 0.05) is 0 Å². The molecule has 1 aliphatic rings. The van der Waals surface area contributed by atoms with E-state index >= 15 is 0 Å². The summed E-state index contributed by atoms with van der Waals surface area (Å²) in [6, 6.07) is 0. The van der Waals surface area contributed by atoms with E-state index in [0.29, 0.717) is 5.92 Å². The summed E-state index contributed by atoms with van der Waals surface area (Å²) in [6.07, 6.45) is 6.33. The van der Waals surface area contributed by atoms with Gasteiger partial charge in [-0.05, 0) is 5.92 Å². The Morgan fingerprint density at radius 1 is 1.15 bits per heavy atom. The second-order valence-electron chi connectivity index (χ2n) is 4.34. The number of rotatable bonds is 2. The zero-order valence-electron chi connectivity index (χ0n) is 8.81. The van der Waals surface area contributed by atoms with Crippen LogP contribution in [0.3, 0.4) is 0 Å². The predicted octanol–water partition coefficient (Wildman–Crippen LogP) is -1.28. The molecule has 0 heterocycles. The zero-order chi connectivity index (χ0) is 8.32. The fourth-order valence-electron chi connectivity index (χ4n) is 2.14. The molecule has 0 radical (unpaired) electrons. The van der Waals surface area contributed by atoms with Gasteiger partial charge in [-0.15, -0.1) is 5.60 Å². The molecule has 1 rings (SSSR count). The van der Waals surface area contributed by atoms with E-state index in [1.165, 1.54) is 6.42 Å². The molecule has 0 aromatic heterocycles. The molecular weight excluding hydrogens is 179 g/mol. The maximum absolute atomic E-state index is 11.9. The first-order valence-electron chi connectivity index (χ1n) is 4.83. The van der Waals surface area contributed by atoms with Gasteiger partial charge in [-0.2, -0.15) is 0 Å². The first-order chi connectivity index (χ1) is 5.12. The molecule has 1 fully saturated rings. The third-order valence-electron chi connectivity index (χ3n) is 2.55. The minimum absolute atomic E-state index is 0. The van der Waals surface area contributed by atoms with Crippen molar-refractivity contribution in [1.29, 1.82) is 0 Å². The second kappa shape index (κ2) is 7.02. The third kappa shape index (κ3) is 5.86. The Morgan fingerprint density at radius 3 is 2.00 bits per heavy atom. The van der Waals surface area contributed by atoms with Crippen LogP contribution in [-0.4, -0.2) is 28.7 Å². The third-order valence-corrected chi connectivity index (χ3v) is 2.55. The number of hydrogen-bond donors (Lipinski definition) is 0. The van der Waals surface area contributed by atoms with E-state index in [-0.39, 0.29) is 27.8 Å². The zero-order valence-corrected chi connectivity index (χ0v) is 10.2. The van der Waals surface area contributed by atoms with Crippen molar-refractivity contribution in [3.8, 4) is 0 Å². The first kappa shape index (κ1) is 16.1. The van der Waals surface area contributed by atoms with E-state index in [9.17, 15) is 5.11 Å². The molecule has 13 heavy (non-hydrogen) atoms. The van der Waals surface area contributed by atoms with Crippen molar-refractivity contribution in [3.63, 3.8) is 0 Å². The summed E-state index contributed by atoms with van der Waals surface area (Å²) in [7, 11) is 0. The molecule has 0 amide bonds. The minimum atomic E-state index is -0.549. The van der Waals surface area contributed by atoms with Gasteiger partial charge in [-0.25, -0.2) is 0 Å². The van der Waals surface area contributed by atoms with Gasteiger partial charge < -0.3 is 9.81 Å². The average molecular weight is 199 g/mol. The molecule has 1 aliphatic carbocycles. The largest absolute Gasteiger partial charge is 2.00 e. The van der Waals surface area contributed by atoms with E-state index in [2.05, 4.69) is 13.8 Å². The van der Waals surface area contributed by atoms with Crippen LogP contribution in [0.1, 0.15) is 52.4 Å². The Kier molecular flexibility index (Phi) is 8.69. The molecule has 0 spiro atoms. The van der Waals surface area contributed by atoms with Crippen LogP contribution < -0.4 is 9.81 Å². The van der Waals surface area contributed by atoms with Gasteiger partial charge in [0.2, 0.25) is 0 Å². The maximum atomic E-state index is 11.9. The van der Waals surface area contributed by atoms with Gasteiger partial charge in [0.1, 0.15) is 0 Å². The molecule has 1 saturated carbocycles. The summed E-state index contributed by atoms with van der Waals surface area (Å²) < 4.78 is 0. The van der Waals surface area contributed by atoms with Gasteiger partial charge in [0.05, 0.1) is 0 Å². The van der Waals surface area contributed by atoms with Gasteiger partial charge in [-0.1, -0.05) is 52.4 Å². The topological polar surface area (TPSA) is 23.1 Å². The van der Waals surface area contributed by atoms with Crippen LogP contribution >= 0.6 is 0 Å². The number of halogens is 1. The van der Waals surface area contributed by atoms with Crippen molar-refractivity contribution in [1.82, 2.24) is 0 Å². The second-order valence-corrected chi connectivity index (χ2v) is 4.34. The standard InChI is InChI=1S/C10H19O.FH.Mg/c1-9(2)8-10(11)6-4-3-5-7-10;;/h9H,3-8H2,1-2H3;1H;/q-1;;+2/p-1. The molecule has 0 N–H and O–H groups in total. The molecule has 0 atom stereocenters. The van der Waals surface area contributed by atoms with Crippen LogP contribution in [0.15, 0.2) is 0 Å². The summed E-state index contributed by atoms with van der Waals surface area (Å²) in [5.41, 5.74) is -0.549. The van der Waals surface area contributed by atoms with Gasteiger partial charge >= 0.3 is 23.1 Å². The monoisotopic (exact) mass is 198 g/mol. The Hall–Kier alpha value is 0.656. The summed E-state index contributed by atoms with van der Waals surface area (Å²) in [6.45, 7) is 4.29. The van der Waals surface area contributed by atoms with Crippen LogP contribution in [0, 0.1) is 5.92 Å². The molecule has 0 aliphatic heterocycles. The molecule has 0 saturated heterocycles. The van der Waals surface area contributed by atoms with Crippen LogP contribution in [0.5, 0.6) is 0 Å². The number of hydrogen-bond acceptors (Lipinski definition) is 1. The quantitative estimate of drug-likeness (QED) is 0.507. The SMILES string of the molecule is CC(C)CC1([O-])CCCCC1.[F-].[Mg+2]. The molecule has 0 aromatic carbocycles. The maximum Gasteiger partial charge on any atom is 2.00 e. The van der Waals surface area contributed by atoms with Crippen molar-refractivity contribution in [2.45, 2.75) is 58.0 Å². The molecule has 74 valence electrons. The molecule has 0 aromatic rings. The van der Waals surface area contributed by atoms with Crippen molar-refractivity contribution >= 4 is 23.1 Å². The fraction of sp³-hybridized carbons (Fsp3) is 1.00. The van der Waals surface area contributed by atoms with E-state index in [1.54, 1.807) is 0 Å². The Balaban J connectivity index is 0. The normalized spacial score (nSPS) is 20.3. The van der Waals surface area contributed by atoms with Gasteiger partial charge in [0.25, 0.3) is 0 Å². The molecule has 3 heteroatoms. The van der Waals surface area contributed by atoms with Crippen molar-refractivity contribution in [3.05, 3.63) is 0 Å². The van der Waals surface area contributed by atoms with Crippen LogP contribution in [0.25, 0.3) is 0 Å². The predicted molar refractivity (Wildman–Crippen MR) is 51.0 cm³/mol. The van der Waals surface area contributed by atoms with E-state index in [0.717, 1.165) is 32.1 Å². The van der Waals surface area contributed by atoms with Crippen LogP contribution in [0.2, 0.25) is 0 Å². The summed E-state index contributed by atoms with van der Waals surface area (Å²) in [5.74, 6) is 0.575. The van der Waals surface area contributed by atoms with Crippen LogP contribution in [0.4, 0.5) is 0 Å². The Bertz CT molecular complexity index is 122. The van der Waals surface area contributed by atoms with Crippen molar-refractivity contribution in [2.24, 2.45) is 5.92 Å². The Morgan fingerprint density at radius 2 is 1.62 bits per heavy atom. The van der Waals surface area contributed by atoms with E-state index in [1.807, 2.05) is 0 Å². The van der Waals surface area contributed by atoms with Crippen LogP contribution in [-0.2, 0) is 0 Å². The molecule has 0 unspecified atom stereocenters. The summed E-state index contributed by atoms with van der Waals surface area (Å²) in [5, 5.41) is 11.9. The average Bonchev–Trinajstić information content (AvgIpc) is 1.85. The van der Waals surface area contributed by atoms with Crippen molar-refractivity contribution < 1.29 is 9.81 Å². The molecule has 1 nitrogen and oxygen atoms in total. The first-order valence-corrected chi connectivity index (χ1v) is 4.83. The summed E-state index contributed by atoms with van der Waals surface area (Å²) in [4.78, 5) is 0. The van der Waals surface area contributed by atoms with Gasteiger partial charge in [0.15, 0.2) is 0 Å². The van der Waals surface area contributed by atoms with E-state index < -0.39 is 5.60 Å². The fourth-order valence-corrected chi connectivity index (χ4v) is 2.14. The molecular formula is C10H19FMgO. The minimum Gasteiger partial charge on any atom is -1.00 e. The summed E-state index contributed by atoms with van der Waals surface area (Å²) >= 11 is 0.